The van der Waals surface area contributed by atoms with Crippen molar-refractivity contribution in [3.8, 4) is 0 Å². The van der Waals surface area contributed by atoms with Gasteiger partial charge in [-0.2, -0.15) is 0 Å². The number of hydrogen-bond acceptors (Lipinski definition) is 6. The van der Waals surface area contributed by atoms with Crippen LogP contribution in [0.3, 0.4) is 0 Å². The van der Waals surface area contributed by atoms with Gasteiger partial charge in [0, 0.05) is 19.3 Å². The zero-order chi connectivity index (χ0) is 59.9. The van der Waals surface area contributed by atoms with E-state index in [9.17, 15) is 14.4 Å². The summed E-state index contributed by atoms with van der Waals surface area (Å²) in [6.07, 6.45) is 91.8. The van der Waals surface area contributed by atoms with E-state index in [1.807, 2.05) is 0 Å². The highest BCUT2D eigenvalue weighted by Gasteiger charge is 2.19. The number of carbonyl (C=O) groups excluding carboxylic acids is 3. The van der Waals surface area contributed by atoms with Crippen LogP contribution in [0.15, 0.2) is 48.6 Å². The van der Waals surface area contributed by atoms with Crippen LogP contribution >= 0.6 is 0 Å². The molecule has 0 aromatic heterocycles. The molecule has 1 unspecified atom stereocenters. The summed E-state index contributed by atoms with van der Waals surface area (Å²) in [7, 11) is 0. The van der Waals surface area contributed by atoms with Crippen molar-refractivity contribution in [1.82, 2.24) is 0 Å². The molecule has 0 aromatic rings. The predicted octanol–water partition coefficient (Wildman–Crippen LogP) is 25.7. The van der Waals surface area contributed by atoms with Crippen molar-refractivity contribution >= 4 is 17.9 Å². The first-order chi connectivity index (χ1) is 41.0. The molecule has 0 saturated heterocycles. The first kappa shape index (κ1) is 80.4. The Hall–Kier alpha value is -2.63. The van der Waals surface area contributed by atoms with Gasteiger partial charge in [0.15, 0.2) is 6.10 Å². The van der Waals surface area contributed by atoms with Gasteiger partial charge in [0.1, 0.15) is 13.2 Å². The molecule has 0 rings (SSSR count). The maximum absolute atomic E-state index is 12.9. The zero-order valence-electron chi connectivity index (χ0n) is 56.0. The van der Waals surface area contributed by atoms with Gasteiger partial charge < -0.3 is 14.2 Å². The van der Waals surface area contributed by atoms with Gasteiger partial charge in [0.2, 0.25) is 0 Å². The van der Waals surface area contributed by atoms with Gasteiger partial charge in [-0.3, -0.25) is 14.4 Å². The molecule has 6 nitrogen and oxygen atoms in total. The maximum Gasteiger partial charge on any atom is 0.306 e. The molecule has 0 heterocycles. The summed E-state index contributed by atoms with van der Waals surface area (Å²) >= 11 is 0. The number of hydrogen-bond donors (Lipinski definition) is 0. The first-order valence-electron chi connectivity index (χ1n) is 37.1. The van der Waals surface area contributed by atoms with E-state index >= 15 is 0 Å². The molecule has 83 heavy (non-hydrogen) atoms. The molecule has 0 bridgehead atoms. The summed E-state index contributed by atoms with van der Waals surface area (Å²) in [6, 6.07) is 0. The third-order valence-electron chi connectivity index (χ3n) is 16.8. The highest BCUT2D eigenvalue weighted by molar-refractivity contribution is 5.71. The van der Waals surface area contributed by atoms with Gasteiger partial charge in [0.05, 0.1) is 0 Å². The minimum Gasteiger partial charge on any atom is -0.462 e. The summed E-state index contributed by atoms with van der Waals surface area (Å²) in [5, 5.41) is 0. The SMILES string of the molecule is CCCCCCC/C=C\C/C=C\CCCCCCCCCCCCCCCCCCCCCCCCCC(=O)OCC(COC(=O)CCCCCCCCCCC)OC(=O)CCCCCCCCCCC/C=C\C/C=C\CCCCCCC. The Morgan fingerprint density at radius 3 is 0.663 bits per heavy atom. The second-order valence-electron chi connectivity index (χ2n) is 25.2. The van der Waals surface area contributed by atoms with Crippen LogP contribution in [-0.4, -0.2) is 37.2 Å². The van der Waals surface area contributed by atoms with Gasteiger partial charge in [-0.05, 0) is 83.5 Å². The molecule has 0 spiro atoms. The van der Waals surface area contributed by atoms with Crippen molar-refractivity contribution in [1.29, 1.82) is 0 Å². The molecular formula is C77H142O6. The fourth-order valence-corrected chi connectivity index (χ4v) is 11.2. The van der Waals surface area contributed by atoms with E-state index in [2.05, 4.69) is 69.4 Å². The quantitative estimate of drug-likeness (QED) is 0.0261. The van der Waals surface area contributed by atoms with Crippen LogP contribution in [0.1, 0.15) is 406 Å². The van der Waals surface area contributed by atoms with Crippen LogP contribution in [0.25, 0.3) is 0 Å². The second-order valence-corrected chi connectivity index (χ2v) is 25.2. The Kier molecular flexibility index (Phi) is 69.6. The number of ether oxygens (including phenoxy) is 3. The Bertz CT molecular complexity index is 1430. The first-order valence-corrected chi connectivity index (χ1v) is 37.1. The second kappa shape index (κ2) is 71.8. The average Bonchev–Trinajstić information content (AvgIpc) is 3.49. The molecule has 6 heteroatoms. The third kappa shape index (κ3) is 70.0. The van der Waals surface area contributed by atoms with Crippen LogP contribution in [0.4, 0.5) is 0 Å². The Morgan fingerprint density at radius 1 is 0.241 bits per heavy atom. The van der Waals surface area contributed by atoms with E-state index in [0.29, 0.717) is 19.3 Å². The molecule has 0 radical (unpaired) electrons. The molecule has 486 valence electrons. The van der Waals surface area contributed by atoms with Crippen LogP contribution < -0.4 is 0 Å². The van der Waals surface area contributed by atoms with E-state index in [1.54, 1.807) is 0 Å². The standard InChI is InChI=1S/C77H142O6/c1-4-7-10-13-16-19-21-23-25-27-29-31-32-33-34-35-36-37-38-39-40-41-42-43-44-46-47-49-51-53-55-58-61-64-67-70-76(79)82-73-74(72-81-75(78)69-66-63-60-57-18-15-12-9-6-3)83-77(80)71-68-65-62-59-56-54-52-50-48-45-30-28-26-24-22-20-17-14-11-8-5-2/h21-24,27-30,74H,4-20,25-26,31-73H2,1-3H3/b23-21-,24-22-,29-27-,30-28-. The van der Waals surface area contributed by atoms with E-state index in [1.165, 1.54) is 295 Å². The summed E-state index contributed by atoms with van der Waals surface area (Å²) in [4.78, 5) is 38.3. The molecule has 0 saturated carbocycles. The highest BCUT2D eigenvalue weighted by Crippen LogP contribution is 2.19. The van der Waals surface area contributed by atoms with Gasteiger partial charge in [-0.1, -0.05) is 352 Å². The fraction of sp³-hybridized carbons (Fsp3) is 0.857. The topological polar surface area (TPSA) is 78.9 Å². The smallest absolute Gasteiger partial charge is 0.306 e. The summed E-state index contributed by atoms with van der Waals surface area (Å²) in [5.41, 5.74) is 0. The van der Waals surface area contributed by atoms with Crippen LogP contribution in [0, 0.1) is 0 Å². The van der Waals surface area contributed by atoms with Crippen LogP contribution in [-0.2, 0) is 28.6 Å². The highest BCUT2D eigenvalue weighted by atomic mass is 16.6. The lowest BCUT2D eigenvalue weighted by Crippen LogP contribution is -2.30. The van der Waals surface area contributed by atoms with E-state index < -0.39 is 6.10 Å². The molecule has 0 aliphatic heterocycles. The number of carbonyl (C=O) groups is 3. The van der Waals surface area contributed by atoms with Gasteiger partial charge in [-0.15, -0.1) is 0 Å². The van der Waals surface area contributed by atoms with Crippen molar-refractivity contribution in [2.75, 3.05) is 13.2 Å². The van der Waals surface area contributed by atoms with Gasteiger partial charge in [-0.25, -0.2) is 0 Å². The molecule has 0 fully saturated rings. The molecule has 0 amide bonds. The summed E-state index contributed by atoms with van der Waals surface area (Å²) in [5.74, 6) is -0.850. The van der Waals surface area contributed by atoms with Crippen LogP contribution in [0.2, 0.25) is 0 Å². The molecular weight excluding hydrogens is 1020 g/mol. The monoisotopic (exact) mass is 1160 g/mol. The zero-order valence-corrected chi connectivity index (χ0v) is 56.0. The lowest BCUT2D eigenvalue weighted by atomic mass is 10.0. The van der Waals surface area contributed by atoms with Crippen molar-refractivity contribution in [2.24, 2.45) is 0 Å². The molecule has 0 aromatic carbocycles. The summed E-state index contributed by atoms with van der Waals surface area (Å²) < 4.78 is 16.9. The number of esters is 3. The minimum atomic E-state index is -0.772. The fourth-order valence-electron chi connectivity index (χ4n) is 11.2. The molecule has 0 N–H and O–H groups in total. The number of unbranched alkanes of at least 4 members (excludes halogenated alkanes) is 50. The Labute approximate surface area is 518 Å². The van der Waals surface area contributed by atoms with Crippen molar-refractivity contribution < 1.29 is 28.6 Å². The molecule has 0 aliphatic carbocycles. The number of allylic oxidation sites excluding steroid dienone is 8. The minimum absolute atomic E-state index is 0.0691. The molecule has 0 aliphatic rings. The lowest BCUT2D eigenvalue weighted by molar-refractivity contribution is -0.167. The normalized spacial score (nSPS) is 12.3. The van der Waals surface area contributed by atoms with Crippen LogP contribution in [0.5, 0.6) is 0 Å². The van der Waals surface area contributed by atoms with Gasteiger partial charge in [0.25, 0.3) is 0 Å². The Morgan fingerprint density at radius 2 is 0.434 bits per heavy atom. The van der Waals surface area contributed by atoms with Crippen molar-refractivity contribution in [3.63, 3.8) is 0 Å². The summed E-state index contributed by atoms with van der Waals surface area (Å²) in [6.45, 7) is 6.66. The van der Waals surface area contributed by atoms with Crippen molar-refractivity contribution in [2.45, 2.75) is 412 Å². The Balaban J connectivity index is 4.02. The largest absolute Gasteiger partial charge is 0.462 e. The van der Waals surface area contributed by atoms with E-state index in [4.69, 9.17) is 14.2 Å². The van der Waals surface area contributed by atoms with Gasteiger partial charge >= 0.3 is 17.9 Å². The van der Waals surface area contributed by atoms with E-state index in [0.717, 1.165) is 70.6 Å². The average molecular weight is 1160 g/mol. The lowest BCUT2D eigenvalue weighted by Gasteiger charge is -2.18. The third-order valence-corrected chi connectivity index (χ3v) is 16.8. The van der Waals surface area contributed by atoms with Crippen molar-refractivity contribution in [3.05, 3.63) is 48.6 Å². The number of rotatable bonds is 69. The predicted molar refractivity (Wildman–Crippen MR) is 362 cm³/mol. The maximum atomic E-state index is 12.9. The van der Waals surface area contributed by atoms with E-state index in [-0.39, 0.29) is 31.1 Å². The molecule has 1 atom stereocenters.